The van der Waals surface area contributed by atoms with E-state index in [1.807, 2.05) is 55.5 Å². The minimum atomic E-state index is -0.0652. The molecule has 3 aromatic rings. The van der Waals surface area contributed by atoms with Crippen molar-refractivity contribution in [2.24, 2.45) is 0 Å². The monoisotopic (exact) mass is 382 g/mol. The number of benzene rings is 2. The molecule has 0 saturated carbocycles. The van der Waals surface area contributed by atoms with Gasteiger partial charge in [0.15, 0.2) is 5.16 Å². The zero-order valence-electron chi connectivity index (χ0n) is 15.4. The highest BCUT2D eigenvalue weighted by atomic mass is 32.2. The molecule has 1 heterocycles. The van der Waals surface area contributed by atoms with Gasteiger partial charge in [0.25, 0.3) is 0 Å². The first-order chi connectivity index (χ1) is 13.2. The molecule has 3 rings (SSSR count). The van der Waals surface area contributed by atoms with E-state index in [2.05, 4.69) is 20.6 Å². The van der Waals surface area contributed by atoms with Crippen LogP contribution in [0.4, 0.5) is 5.82 Å². The van der Waals surface area contributed by atoms with Gasteiger partial charge in [-0.3, -0.25) is 4.79 Å². The molecule has 0 bridgehead atoms. The van der Waals surface area contributed by atoms with E-state index in [4.69, 9.17) is 4.74 Å². The van der Waals surface area contributed by atoms with E-state index in [0.29, 0.717) is 11.7 Å². The van der Waals surface area contributed by atoms with Gasteiger partial charge in [-0.2, -0.15) is 0 Å². The number of thioether (sulfide) groups is 1. The summed E-state index contributed by atoms with van der Waals surface area (Å²) >= 11 is 1.33. The number of ether oxygens (including phenoxy) is 1. The molecule has 0 aliphatic heterocycles. The number of nitrogens with one attached hydrogen (secondary N) is 2. The Morgan fingerprint density at radius 2 is 2.00 bits per heavy atom. The molecular formula is C20H22N4O2S. The normalized spacial score (nSPS) is 10.6. The number of methoxy groups -OCH3 is 1. The van der Waals surface area contributed by atoms with Crippen molar-refractivity contribution in [1.29, 1.82) is 0 Å². The molecule has 0 saturated heterocycles. The van der Waals surface area contributed by atoms with Crippen LogP contribution in [0.5, 0.6) is 5.75 Å². The molecule has 0 aliphatic carbocycles. The molecule has 0 spiro atoms. The van der Waals surface area contributed by atoms with Crippen LogP contribution in [0.2, 0.25) is 0 Å². The third-order valence-corrected chi connectivity index (χ3v) is 4.73. The first kappa shape index (κ1) is 19.0. The van der Waals surface area contributed by atoms with Crippen LogP contribution in [-0.4, -0.2) is 35.3 Å². The van der Waals surface area contributed by atoms with Gasteiger partial charge < -0.3 is 15.4 Å². The Kier molecular flexibility index (Phi) is 6.49. The quantitative estimate of drug-likeness (QED) is 0.459. The van der Waals surface area contributed by atoms with Crippen LogP contribution < -0.4 is 15.4 Å². The van der Waals surface area contributed by atoms with Crippen LogP contribution in [0.1, 0.15) is 12.5 Å². The topological polar surface area (TPSA) is 76.1 Å². The SMILES string of the molecule is CCNc1nc(SCC(=O)NCc2cccc(OC)c2)nc2ccccc12. The molecule has 2 N–H and O–H groups in total. The van der Waals surface area contributed by atoms with Crippen molar-refractivity contribution in [2.45, 2.75) is 18.6 Å². The largest absolute Gasteiger partial charge is 0.497 e. The Labute approximate surface area is 162 Å². The summed E-state index contributed by atoms with van der Waals surface area (Å²) in [5.74, 6) is 1.76. The summed E-state index contributed by atoms with van der Waals surface area (Å²) in [6.45, 7) is 3.25. The summed E-state index contributed by atoms with van der Waals surface area (Å²) < 4.78 is 5.19. The van der Waals surface area contributed by atoms with Crippen molar-refractivity contribution >= 4 is 34.4 Å². The number of fused-ring (bicyclic) bond motifs is 1. The smallest absolute Gasteiger partial charge is 0.230 e. The van der Waals surface area contributed by atoms with E-state index in [1.54, 1.807) is 7.11 Å². The van der Waals surface area contributed by atoms with Gasteiger partial charge in [-0.05, 0) is 36.8 Å². The van der Waals surface area contributed by atoms with Gasteiger partial charge in [0.2, 0.25) is 5.91 Å². The Hall–Kier alpha value is -2.80. The lowest BCUT2D eigenvalue weighted by Crippen LogP contribution is -2.24. The molecule has 140 valence electrons. The third kappa shape index (κ3) is 5.10. The lowest BCUT2D eigenvalue weighted by Gasteiger charge is -2.09. The van der Waals surface area contributed by atoms with Crippen molar-refractivity contribution < 1.29 is 9.53 Å². The van der Waals surface area contributed by atoms with Gasteiger partial charge in [-0.1, -0.05) is 36.0 Å². The van der Waals surface area contributed by atoms with E-state index >= 15 is 0 Å². The maximum atomic E-state index is 12.2. The second-order valence-electron chi connectivity index (χ2n) is 5.82. The molecule has 7 heteroatoms. The predicted octanol–water partition coefficient (Wildman–Crippen LogP) is 3.48. The lowest BCUT2D eigenvalue weighted by molar-refractivity contribution is -0.118. The number of para-hydroxylation sites is 1. The fourth-order valence-corrected chi connectivity index (χ4v) is 3.27. The minimum absolute atomic E-state index is 0.0652. The van der Waals surface area contributed by atoms with Gasteiger partial charge in [-0.15, -0.1) is 0 Å². The lowest BCUT2D eigenvalue weighted by atomic mass is 10.2. The number of carbonyl (C=O) groups is 1. The highest BCUT2D eigenvalue weighted by Crippen LogP contribution is 2.24. The summed E-state index contributed by atoms with van der Waals surface area (Å²) in [5, 5.41) is 7.73. The number of aromatic nitrogens is 2. The first-order valence-electron chi connectivity index (χ1n) is 8.72. The predicted molar refractivity (Wildman–Crippen MR) is 109 cm³/mol. The third-order valence-electron chi connectivity index (χ3n) is 3.88. The number of rotatable bonds is 8. The minimum Gasteiger partial charge on any atom is -0.497 e. The fourth-order valence-electron chi connectivity index (χ4n) is 2.59. The Bertz CT molecular complexity index is 933. The zero-order chi connectivity index (χ0) is 19.1. The highest BCUT2D eigenvalue weighted by Gasteiger charge is 2.10. The van der Waals surface area contributed by atoms with Crippen LogP contribution in [0.15, 0.2) is 53.7 Å². The van der Waals surface area contributed by atoms with Crippen molar-refractivity contribution in [2.75, 3.05) is 24.7 Å². The number of anilines is 1. The molecule has 1 aromatic heterocycles. The van der Waals surface area contributed by atoms with Crippen LogP contribution in [0, 0.1) is 0 Å². The summed E-state index contributed by atoms with van der Waals surface area (Å²) in [7, 11) is 1.62. The van der Waals surface area contributed by atoms with E-state index < -0.39 is 0 Å². The van der Waals surface area contributed by atoms with Crippen molar-refractivity contribution in [3.63, 3.8) is 0 Å². The fraction of sp³-hybridized carbons (Fsp3) is 0.250. The van der Waals surface area contributed by atoms with Gasteiger partial charge in [-0.25, -0.2) is 9.97 Å². The molecule has 6 nitrogen and oxygen atoms in total. The van der Waals surface area contributed by atoms with Gasteiger partial charge in [0.05, 0.1) is 18.4 Å². The van der Waals surface area contributed by atoms with E-state index in [1.165, 1.54) is 11.8 Å². The number of nitrogens with zero attached hydrogens (tertiary/aromatic N) is 2. The molecule has 0 unspecified atom stereocenters. The zero-order valence-corrected chi connectivity index (χ0v) is 16.2. The maximum absolute atomic E-state index is 12.2. The average Bonchev–Trinajstić information content (AvgIpc) is 2.71. The van der Waals surface area contributed by atoms with Crippen LogP contribution in [0.3, 0.4) is 0 Å². The molecule has 27 heavy (non-hydrogen) atoms. The van der Waals surface area contributed by atoms with E-state index in [0.717, 1.165) is 34.6 Å². The number of amides is 1. The average molecular weight is 382 g/mol. The second kappa shape index (κ2) is 9.23. The summed E-state index contributed by atoms with van der Waals surface area (Å²) in [6.07, 6.45) is 0. The summed E-state index contributed by atoms with van der Waals surface area (Å²) in [5.41, 5.74) is 1.85. The van der Waals surface area contributed by atoms with Crippen LogP contribution in [-0.2, 0) is 11.3 Å². The van der Waals surface area contributed by atoms with E-state index in [-0.39, 0.29) is 11.7 Å². The molecule has 0 aliphatic rings. The van der Waals surface area contributed by atoms with Crippen molar-refractivity contribution in [3.8, 4) is 5.75 Å². The number of hydrogen-bond donors (Lipinski definition) is 2. The number of carbonyl (C=O) groups excluding carboxylic acids is 1. The molecule has 0 radical (unpaired) electrons. The Morgan fingerprint density at radius 1 is 1.15 bits per heavy atom. The van der Waals surface area contributed by atoms with E-state index in [9.17, 15) is 4.79 Å². The van der Waals surface area contributed by atoms with Gasteiger partial charge in [0, 0.05) is 18.5 Å². The maximum Gasteiger partial charge on any atom is 0.230 e. The van der Waals surface area contributed by atoms with Crippen molar-refractivity contribution in [1.82, 2.24) is 15.3 Å². The summed E-state index contributed by atoms with van der Waals surface area (Å²) in [4.78, 5) is 21.3. The van der Waals surface area contributed by atoms with Crippen LogP contribution in [0.25, 0.3) is 10.9 Å². The van der Waals surface area contributed by atoms with Crippen molar-refractivity contribution in [3.05, 3.63) is 54.1 Å². The molecule has 2 aromatic carbocycles. The molecular weight excluding hydrogens is 360 g/mol. The second-order valence-corrected chi connectivity index (χ2v) is 6.76. The molecule has 0 atom stereocenters. The van der Waals surface area contributed by atoms with Crippen LogP contribution >= 0.6 is 11.8 Å². The Morgan fingerprint density at radius 3 is 2.81 bits per heavy atom. The Balaban J connectivity index is 1.61. The number of hydrogen-bond acceptors (Lipinski definition) is 6. The standard InChI is InChI=1S/C20H22N4O2S/c1-3-21-19-16-9-4-5-10-17(16)23-20(24-19)27-13-18(25)22-12-14-7-6-8-15(11-14)26-2/h4-11H,3,12-13H2,1-2H3,(H,22,25)(H,21,23,24). The molecule has 1 amide bonds. The van der Waals surface area contributed by atoms with Gasteiger partial charge in [0.1, 0.15) is 11.6 Å². The summed E-state index contributed by atoms with van der Waals surface area (Å²) in [6, 6.07) is 15.5. The molecule has 0 fully saturated rings. The highest BCUT2D eigenvalue weighted by molar-refractivity contribution is 7.99. The first-order valence-corrected chi connectivity index (χ1v) is 9.71. The van der Waals surface area contributed by atoms with Gasteiger partial charge >= 0.3 is 0 Å².